The molecule has 1 fully saturated rings. The Morgan fingerprint density at radius 1 is 1.00 bits per heavy atom. The van der Waals surface area contributed by atoms with E-state index in [9.17, 15) is 0 Å². The van der Waals surface area contributed by atoms with Gasteiger partial charge in [-0.1, -0.05) is 50.3 Å². The molecule has 2 aromatic rings. The van der Waals surface area contributed by atoms with Crippen molar-refractivity contribution in [3.05, 3.63) is 42.1 Å². The molecule has 3 heteroatoms. The molecule has 0 amide bonds. The van der Waals surface area contributed by atoms with Crippen LogP contribution < -0.4 is 0 Å². The number of hydrogen-bond acceptors (Lipinski definition) is 3. The first-order valence-corrected chi connectivity index (χ1v) is 7.89. The van der Waals surface area contributed by atoms with Crippen molar-refractivity contribution in [3.8, 4) is 0 Å². The zero-order valence-electron chi connectivity index (χ0n) is 12.5. The summed E-state index contributed by atoms with van der Waals surface area (Å²) in [5.74, 6) is 0.851. The van der Waals surface area contributed by atoms with E-state index in [2.05, 4.69) is 4.98 Å². The van der Waals surface area contributed by atoms with Crippen LogP contribution >= 0.6 is 0 Å². The van der Waals surface area contributed by atoms with Gasteiger partial charge in [-0.3, -0.25) is 4.98 Å². The Morgan fingerprint density at radius 2 is 1.81 bits per heavy atom. The Bertz CT molecular complexity index is 527. The van der Waals surface area contributed by atoms with Crippen molar-refractivity contribution in [3.63, 3.8) is 0 Å². The molecule has 0 radical (unpaired) electrons. The summed E-state index contributed by atoms with van der Waals surface area (Å²) in [6.45, 7) is 0.466. The molecule has 0 spiro atoms. The highest BCUT2D eigenvalue weighted by molar-refractivity contribution is 5.81. The van der Waals surface area contributed by atoms with Gasteiger partial charge in [0.1, 0.15) is 0 Å². The smallest absolute Gasteiger partial charge is 0.0705 e. The molecular formula is C18H25NO2. The monoisotopic (exact) mass is 287 g/mol. The van der Waals surface area contributed by atoms with E-state index in [1.165, 1.54) is 32.1 Å². The van der Waals surface area contributed by atoms with Crippen molar-refractivity contribution in [1.29, 1.82) is 0 Å². The molecule has 1 aromatic carbocycles. The summed E-state index contributed by atoms with van der Waals surface area (Å²) in [5.41, 5.74) is 1.87. The summed E-state index contributed by atoms with van der Waals surface area (Å²) in [4.78, 5) is 4.18. The number of aliphatic hydroxyl groups excluding tert-OH is 2. The van der Waals surface area contributed by atoms with E-state index in [1.54, 1.807) is 6.20 Å². The molecule has 1 aliphatic carbocycles. The SMILES string of the molecule is OCCC1CCCCC1.OCc1cccc2ncccc12. The summed E-state index contributed by atoms with van der Waals surface area (Å²) >= 11 is 0. The Hall–Kier alpha value is -1.45. The topological polar surface area (TPSA) is 53.4 Å². The van der Waals surface area contributed by atoms with Crippen LogP contribution in [-0.4, -0.2) is 21.8 Å². The van der Waals surface area contributed by atoms with Crippen LogP contribution in [0.3, 0.4) is 0 Å². The fourth-order valence-corrected chi connectivity index (χ4v) is 2.96. The predicted octanol–water partition coefficient (Wildman–Crippen LogP) is 3.68. The fourth-order valence-electron chi connectivity index (χ4n) is 2.96. The molecule has 1 aromatic heterocycles. The third-order valence-corrected chi connectivity index (χ3v) is 4.17. The Kier molecular flexibility index (Phi) is 6.64. The number of aliphatic hydroxyl groups is 2. The van der Waals surface area contributed by atoms with Crippen LogP contribution in [0.15, 0.2) is 36.5 Å². The third-order valence-electron chi connectivity index (χ3n) is 4.17. The van der Waals surface area contributed by atoms with Gasteiger partial charge in [0.15, 0.2) is 0 Å². The van der Waals surface area contributed by atoms with Crippen molar-refractivity contribution in [2.75, 3.05) is 6.61 Å². The zero-order valence-corrected chi connectivity index (χ0v) is 12.5. The molecule has 1 aliphatic rings. The Balaban J connectivity index is 0.000000161. The molecule has 114 valence electrons. The zero-order chi connectivity index (χ0) is 14.9. The highest BCUT2D eigenvalue weighted by Crippen LogP contribution is 2.25. The number of pyridine rings is 1. The molecule has 0 aliphatic heterocycles. The lowest BCUT2D eigenvalue weighted by Gasteiger charge is -2.19. The largest absolute Gasteiger partial charge is 0.396 e. The Morgan fingerprint density at radius 3 is 2.52 bits per heavy atom. The summed E-state index contributed by atoms with van der Waals surface area (Å²) in [5, 5.41) is 18.7. The molecule has 0 unspecified atom stereocenters. The van der Waals surface area contributed by atoms with Gasteiger partial charge < -0.3 is 10.2 Å². The summed E-state index contributed by atoms with van der Waals surface area (Å²) in [6.07, 6.45) is 9.72. The van der Waals surface area contributed by atoms with Gasteiger partial charge in [-0.05, 0) is 30.0 Å². The van der Waals surface area contributed by atoms with E-state index < -0.39 is 0 Å². The molecule has 0 saturated heterocycles. The minimum Gasteiger partial charge on any atom is -0.396 e. The number of fused-ring (bicyclic) bond motifs is 1. The van der Waals surface area contributed by atoms with Gasteiger partial charge in [0, 0.05) is 18.2 Å². The van der Waals surface area contributed by atoms with Crippen molar-refractivity contribution in [2.45, 2.75) is 45.1 Å². The lowest BCUT2D eigenvalue weighted by atomic mass is 9.87. The van der Waals surface area contributed by atoms with Crippen LogP contribution in [0.25, 0.3) is 10.9 Å². The van der Waals surface area contributed by atoms with Crippen molar-refractivity contribution in [1.82, 2.24) is 4.98 Å². The lowest BCUT2D eigenvalue weighted by molar-refractivity contribution is 0.230. The highest BCUT2D eigenvalue weighted by atomic mass is 16.3. The molecule has 0 bridgehead atoms. The molecule has 1 heterocycles. The molecule has 3 nitrogen and oxygen atoms in total. The van der Waals surface area contributed by atoms with Gasteiger partial charge in [-0.25, -0.2) is 0 Å². The number of benzene rings is 1. The van der Waals surface area contributed by atoms with Gasteiger partial charge in [-0.15, -0.1) is 0 Å². The van der Waals surface area contributed by atoms with Crippen LogP contribution in [0.5, 0.6) is 0 Å². The van der Waals surface area contributed by atoms with Crippen LogP contribution in [0.4, 0.5) is 0 Å². The van der Waals surface area contributed by atoms with Crippen LogP contribution in [0.2, 0.25) is 0 Å². The molecule has 1 saturated carbocycles. The maximum atomic E-state index is 9.01. The quantitative estimate of drug-likeness (QED) is 0.905. The first-order valence-electron chi connectivity index (χ1n) is 7.89. The maximum absolute atomic E-state index is 9.01. The van der Waals surface area contributed by atoms with E-state index in [1.807, 2.05) is 30.3 Å². The van der Waals surface area contributed by atoms with E-state index in [0.717, 1.165) is 28.8 Å². The second-order valence-electron chi connectivity index (χ2n) is 5.66. The number of aromatic nitrogens is 1. The van der Waals surface area contributed by atoms with E-state index >= 15 is 0 Å². The van der Waals surface area contributed by atoms with Crippen molar-refractivity contribution in [2.24, 2.45) is 5.92 Å². The molecular weight excluding hydrogens is 262 g/mol. The first kappa shape index (κ1) is 15.9. The van der Waals surface area contributed by atoms with E-state index in [0.29, 0.717) is 6.61 Å². The number of hydrogen-bond donors (Lipinski definition) is 2. The number of nitrogens with zero attached hydrogens (tertiary/aromatic N) is 1. The van der Waals surface area contributed by atoms with Crippen LogP contribution in [-0.2, 0) is 6.61 Å². The second kappa shape index (κ2) is 8.75. The normalized spacial score (nSPS) is 15.5. The maximum Gasteiger partial charge on any atom is 0.0705 e. The summed E-state index contributed by atoms with van der Waals surface area (Å²) < 4.78 is 0. The second-order valence-corrected chi connectivity index (χ2v) is 5.66. The van der Waals surface area contributed by atoms with Crippen molar-refractivity contribution < 1.29 is 10.2 Å². The molecule has 21 heavy (non-hydrogen) atoms. The lowest BCUT2D eigenvalue weighted by Crippen LogP contribution is -2.07. The minimum atomic E-state index is 0.0725. The average Bonchev–Trinajstić information content (AvgIpc) is 2.56. The fraction of sp³-hybridized carbons (Fsp3) is 0.500. The minimum absolute atomic E-state index is 0.0725. The molecule has 0 atom stereocenters. The summed E-state index contributed by atoms with van der Waals surface area (Å²) in [7, 11) is 0. The highest BCUT2D eigenvalue weighted by Gasteiger charge is 2.11. The van der Waals surface area contributed by atoms with Crippen LogP contribution in [0, 0.1) is 5.92 Å². The third kappa shape index (κ3) is 4.80. The van der Waals surface area contributed by atoms with Crippen molar-refractivity contribution >= 4 is 10.9 Å². The van der Waals surface area contributed by atoms with Gasteiger partial charge in [0.25, 0.3) is 0 Å². The summed E-state index contributed by atoms with van der Waals surface area (Å²) in [6, 6.07) is 9.59. The average molecular weight is 287 g/mol. The van der Waals surface area contributed by atoms with Gasteiger partial charge in [-0.2, -0.15) is 0 Å². The number of rotatable bonds is 3. The van der Waals surface area contributed by atoms with Gasteiger partial charge >= 0.3 is 0 Å². The standard InChI is InChI=1S/C10H9NO.C8H16O/c12-7-8-3-1-5-10-9(8)4-2-6-11-10;9-7-6-8-4-2-1-3-5-8/h1-6,12H,7H2;8-9H,1-7H2. The first-order chi connectivity index (χ1) is 10.3. The van der Waals surface area contributed by atoms with Crippen LogP contribution in [0.1, 0.15) is 44.1 Å². The Labute approximate surface area is 126 Å². The molecule has 2 N–H and O–H groups in total. The van der Waals surface area contributed by atoms with E-state index in [4.69, 9.17) is 10.2 Å². The van der Waals surface area contributed by atoms with E-state index in [-0.39, 0.29) is 6.61 Å². The molecule has 3 rings (SSSR count). The van der Waals surface area contributed by atoms with Gasteiger partial charge in [0.2, 0.25) is 0 Å². The predicted molar refractivity (Wildman–Crippen MR) is 85.9 cm³/mol. The van der Waals surface area contributed by atoms with Gasteiger partial charge in [0.05, 0.1) is 12.1 Å².